The van der Waals surface area contributed by atoms with Crippen LogP contribution >= 0.6 is 0 Å². The maximum absolute atomic E-state index is 7.33. The summed E-state index contributed by atoms with van der Waals surface area (Å²) in [6.07, 6.45) is 0. The molecule has 0 atom stereocenters. The molecule has 0 spiro atoms. The Morgan fingerprint density at radius 1 is 0.875 bits per heavy atom. The molecule has 4 nitrogen and oxygen atoms in total. The van der Waals surface area contributed by atoms with Gasteiger partial charge >= 0.3 is 65.6 Å². The minimum atomic E-state index is -4.61. The zero-order valence-electron chi connectivity index (χ0n) is 2.29. The molecule has 0 aliphatic carbocycles. The molecule has 4 N–H and O–H groups in total. The molecule has 0 aliphatic heterocycles. The number of hydrogen-bond acceptors (Lipinski definition) is 4. The van der Waals surface area contributed by atoms with Gasteiger partial charge in [0.15, 0.2) is 17.4 Å². The average molecular weight is 176 g/mol. The van der Waals surface area contributed by atoms with Gasteiger partial charge in [-0.05, 0) is 0 Å². The fourth-order valence-corrected chi connectivity index (χ4v) is 0. The maximum atomic E-state index is 7.33. The normalized spacial score (nSPS) is 7.50. The zero-order valence-corrected chi connectivity index (χ0v) is 3.29. The molecule has 0 heterocycles. The van der Waals surface area contributed by atoms with Gasteiger partial charge in [0, 0.05) is 0 Å². The van der Waals surface area contributed by atoms with Crippen molar-refractivity contribution in [3.05, 3.63) is 0 Å². The molecule has 0 saturated heterocycles. The van der Waals surface area contributed by atoms with Crippen molar-refractivity contribution >= 4 is 83.0 Å². The Kier molecular flexibility index (Phi) is 26.5. The third kappa shape index (κ3) is 78.3. The van der Waals surface area contributed by atoms with Crippen LogP contribution in [0.2, 0.25) is 0 Å². The van der Waals surface area contributed by atoms with E-state index in [2.05, 4.69) is 0 Å². The molecule has 0 radical (unpaired) electrons. The van der Waals surface area contributed by atoms with Crippen molar-refractivity contribution in [3.8, 4) is 0 Å². The van der Waals surface area contributed by atoms with Gasteiger partial charge in [-0.3, -0.25) is 0 Å². The van der Waals surface area contributed by atoms with Crippen LogP contribution in [0.4, 0.5) is 0 Å². The standard InChI is InChI=1S/Al.Ca.Li.H4O4Si.6H/c;;;1-5(2,3)4;;;;;;/h;;;1-4H;;;;;;. The molecule has 0 fully saturated rings. The Morgan fingerprint density at radius 2 is 0.875 bits per heavy atom. The van der Waals surface area contributed by atoms with Crippen LogP contribution in [0.5, 0.6) is 0 Å². The summed E-state index contributed by atoms with van der Waals surface area (Å²) < 4.78 is 0. The molecule has 0 aromatic carbocycles. The monoisotopic (exact) mass is 176 g/mol. The quantitative estimate of drug-likeness (QED) is 0.278. The molecule has 8 heteroatoms. The van der Waals surface area contributed by atoms with Crippen molar-refractivity contribution in [1.29, 1.82) is 0 Å². The molecule has 8 heavy (non-hydrogen) atoms. The van der Waals surface area contributed by atoms with Crippen LogP contribution in [-0.2, 0) is 0 Å². The Balaban J connectivity index is -0.0000000267. The van der Waals surface area contributed by atoms with E-state index >= 15 is 0 Å². The summed E-state index contributed by atoms with van der Waals surface area (Å²) in [7, 11) is -4.61. The first kappa shape index (κ1) is 22.4. The topological polar surface area (TPSA) is 80.9 Å². The van der Waals surface area contributed by atoms with E-state index in [0.717, 1.165) is 0 Å². The molecular formula is H10AlCaLiO4Si. The average Bonchev–Trinajstić information content (AvgIpc) is 0.722. The second-order valence-corrected chi connectivity index (χ2v) is 1.80. The van der Waals surface area contributed by atoms with E-state index in [1.807, 2.05) is 0 Å². The van der Waals surface area contributed by atoms with Crippen LogP contribution in [0.3, 0.4) is 0 Å². The van der Waals surface area contributed by atoms with Crippen LogP contribution in [0.15, 0.2) is 0 Å². The third-order valence-electron chi connectivity index (χ3n) is 0. The Morgan fingerprint density at radius 3 is 0.875 bits per heavy atom. The molecule has 44 valence electrons. The summed E-state index contributed by atoms with van der Waals surface area (Å²) in [6, 6.07) is 0. The van der Waals surface area contributed by atoms with Crippen LogP contribution in [0, 0.1) is 0 Å². The second-order valence-electron chi connectivity index (χ2n) is 0.600. The minimum absolute atomic E-state index is 0. The van der Waals surface area contributed by atoms with E-state index < -0.39 is 9.05 Å². The van der Waals surface area contributed by atoms with Crippen LogP contribution in [0.1, 0.15) is 0 Å². The first-order valence-corrected chi connectivity index (χ1v) is 2.68. The summed E-state index contributed by atoms with van der Waals surface area (Å²) in [6.45, 7) is 0. The molecule has 0 rings (SSSR count). The van der Waals surface area contributed by atoms with Gasteiger partial charge < -0.3 is 19.2 Å². The van der Waals surface area contributed by atoms with Gasteiger partial charge in [0.2, 0.25) is 0 Å². The Labute approximate surface area is 101 Å². The van der Waals surface area contributed by atoms with Crippen LogP contribution in [0.25, 0.3) is 0 Å². The Hall–Kier alpha value is 2.45. The van der Waals surface area contributed by atoms with Gasteiger partial charge in [-0.25, -0.2) is 0 Å². The van der Waals surface area contributed by atoms with Crippen molar-refractivity contribution in [2.45, 2.75) is 0 Å². The van der Waals surface area contributed by atoms with Crippen molar-refractivity contribution < 1.29 is 19.2 Å². The van der Waals surface area contributed by atoms with Crippen LogP contribution in [-0.4, -0.2) is 102 Å². The van der Waals surface area contributed by atoms with Gasteiger partial charge in [-0.15, -0.1) is 0 Å². The fraction of sp³-hybridized carbons (Fsp3) is 0. The van der Waals surface area contributed by atoms with E-state index in [0.29, 0.717) is 0 Å². The molecule has 0 aromatic rings. The molecule has 0 bridgehead atoms. The van der Waals surface area contributed by atoms with Crippen LogP contribution < -0.4 is 0 Å². The van der Waals surface area contributed by atoms with E-state index in [1.54, 1.807) is 0 Å². The summed E-state index contributed by atoms with van der Waals surface area (Å²) >= 11 is 0. The van der Waals surface area contributed by atoms with Gasteiger partial charge in [-0.2, -0.15) is 0 Å². The van der Waals surface area contributed by atoms with Gasteiger partial charge in [0.25, 0.3) is 0 Å². The third-order valence-corrected chi connectivity index (χ3v) is 0. The summed E-state index contributed by atoms with van der Waals surface area (Å²) in [5.74, 6) is 0. The predicted molar refractivity (Wildman–Crippen MR) is 40.3 cm³/mol. The first-order valence-electron chi connectivity index (χ1n) is 0.894. The first-order chi connectivity index (χ1) is 2.00. The van der Waals surface area contributed by atoms with Crippen molar-refractivity contribution in [3.63, 3.8) is 0 Å². The molecule has 0 saturated carbocycles. The molecular weight excluding hydrogens is 166 g/mol. The van der Waals surface area contributed by atoms with E-state index in [1.165, 1.54) is 0 Å². The van der Waals surface area contributed by atoms with Gasteiger partial charge in [-0.1, -0.05) is 0 Å². The van der Waals surface area contributed by atoms with E-state index in [9.17, 15) is 0 Å². The van der Waals surface area contributed by atoms with E-state index in [-0.39, 0.29) is 74.0 Å². The van der Waals surface area contributed by atoms with Crippen molar-refractivity contribution in [2.75, 3.05) is 0 Å². The fourth-order valence-electron chi connectivity index (χ4n) is 0. The summed E-state index contributed by atoms with van der Waals surface area (Å²) in [5.41, 5.74) is 0. The molecule has 0 unspecified atom stereocenters. The molecule has 0 amide bonds. The zero-order chi connectivity index (χ0) is 4.50. The second kappa shape index (κ2) is 9.45. The van der Waals surface area contributed by atoms with Crippen molar-refractivity contribution in [1.82, 2.24) is 0 Å². The summed E-state index contributed by atoms with van der Waals surface area (Å²) in [4.78, 5) is 29.3. The van der Waals surface area contributed by atoms with Gasteiger partial charge in [0.05, 0.1) is 0 Å². The number of hydrogen-bond donors (Lipinski definition) is 4. The van der Waals surface area contributed by atoms with Crippen molar-refractivity contribution in [2.24, 2.45) is 0 Å². The number of rotatable bonds is 0. The predicted octanol–water partition coefficient (Wildman–Crippen LogP) is -5.36. The summed E-state index contributed by atoms with van der Waals surface area (Å²) in [5, 5.41) is 0. The van der Waals surface area contributed by atoms with Gasteiger partial charge in [0.1, 0.15) is 0 Å². The van der Waals surface area contributed by atoms with E-state index in [4.69, 9.17) is 19.2 Å². The molecule has 0 aliphatic rings. The molecule has 0 aromatic heterocycles. The SMILES string of the molecule is O[Si](O)(O)O.[AlH3].[CaH2].[LiH]. The Bertz CT molecular complexity index is 31.5.